The number of para-hydroxylation sites is 1. The van der Waals surface area contributed by atoms with E-state index in [1.165, 1.54) is 0 Å². The van der Waals surface area contributed by atoms with Crippen LogP contribution < -0.4 is 16.3 Å². The third-order valence-corrected chi connectivity index (χ3v) is 1.46. The summed E-state index contributed by atoms with van der Waals surface area (Å²) >= 11 is 4.57. The molecule has 68 valence electrons. The smallest absolute Gasteiger partial charge is 0.221 e. The molecule has 0 radical (unpaired) electrons. The molecule has 13 heavy (non-hydrogen) atoms. The Hall–Kier alpha value is -1.62. The second kappa shape index (κ2) is 4.42. The Morgan fingerprint density at radius 1 is 1.54 bits per heavy atom. The maximum absolute atomic E-state index is 9.31. The van der Waals surface area contributed by atoms with Crippen LogP contribution in [0.1, 0.15) is 5.56 Å². The molecule has 4 nitrogen and oxygen atoms in total. The first-order chi connectivity index (χ1) is 6.20. The number of phenols is 1. The topological polar surface area (TPSA) is 72.2 Å². The van der Waals surface area contributed by atoms with E-state index in [0.29, 0.717) is 5.56 Å². The number of thiocarbonyl (C=S) groups is 1. The van der Waals surface area contributed by atoms with Gasteiger partial charge in [0, 0.05) is 0 Å². The first kappa shape index (κ1) is 9.47. The van der Waals surface area contributed by atoms with Crippen LogP contribution in [0.3, 0.4) is 0 Å². The molecule has 0 bridgehead atoms. The molecule has 0 saturated carbocycles. The molecule has 5 heteroatoms. The standard InChI is InChI=1S/C8H9N3OS/c9-8(13)11-10-5-6-3-1-2-4-7(6)12/h1-5,12H,(H3,9,11,13)/p+1/b10-5+. The van der Waals surface area contributed by atoms with Crippen molar-refractivity contribution in [2.24, 2.45) is 5.73 Å². The first-order valence-corrected chi connectivity index (χ1v) is 4.03. The van der Waals surface area contributed by atoms with Crippen molar-refractivity contribution in [2.75, 3.05) is 0 Å². The van der Waals surface area contributed by atoms with Crippen molar-refractivity contribution in [3.8, 4) is 5.75 Å². The van der Waals surface area contributed by atoms with Crippen LogP contribution in [0.2, 0.25) is 0 Å². The number of hydrazone groups is 1. The quantitative estimate of drug-likeness (QED) is 0.268. The van der Waals surface area contributed by atoms with Gasteiger partial charge in [-0.05, 0) is 24.4 Å². The Kier molecular flexibility index (Phi) is 3.22. The Labute approximate surface area is 81.1 Å². The molecule has 0 heterocycles. The number of nitrogens with one attached hydrogen (secondary N) is 2. The Morgan fingerprint density at radius 3 is 2.85 bits per heavy atom. The number of hydrazine groups is 1. The molecule has 0 spiro atoms. The molecule has 0 amide bonds. The summed E-state index contributed by atoms with van der Waals surface area (Å²) in [6, 6.07) is 6.90. The third-order valence-electron chi connectivity index (χ3n) is 1.36. The predicted molar refractivity (Wildman–Crippen MR) is 54.2 cm³/mol. The van der Waals surface area contributed by atoms with Crippen LogP contribution >= 0.6 is 12.2 Å². The highest BCUT2D eigenvalue weighted by Gasteiger charge is 1.97. The van der Waals surface area contributed by atoms with Crippen LogP contribution in [-0.4, -0.2) is 16.4 Å². The number of benzene rings is 1. The van der Waals surface area contributed by atoms with Gasteiger partial charge in [0.2, 0.25) is 11.3 Å². The van der Waals surface area contributed by atoms with Crippen molar-refractivity contribution in [1.82, 2.24) is 5.43 Å². The number of nitrogens with two attached hydrogens (primary N) is 1. The summed E-state index contributed by atoms with van der Waals surface area (Å²) in [7, 11) is 0. The summed E-state index contributed by atoms with van der Waals surface area (Å²) in [6.07, 6.45) is 1.56. The number of aromatic hydroxyl groups is 1. The van der Waals surface area contributed by atoms with Gasteiger partial charge in [-0.1, -0.05) is 12.1 Å². The molecule has 0 aliphatic carbocycles. The van der Waals surface area contributed by atoms with Crippen molar-refractivity contribution in [2.45, 2.75) is 0 Å². The normalized spacial score (nSPS) is 10.2. The summed E-state index contributed by atoms with van der Waals surface area (Å²) in [4.78, 5) is 0. The van der Waals surface area contributed by atoms with E-state index in [0.717, 1.165) is 0 Å². The van der Waals surface area contributed by atoms with Crippen molar-refractivity contribution in [1.29, 1.82) is 0 Å². The van der Waals surface area contributed by atoms with E-state index in [2.05, 4.69) is 22.7 Å². The highest BCUT2D eigenvalue weighted by Crippen LogP contribution is 2.11. The van der Waals surface area contributed by atoms with Gasteiger partial charge in [-0.2, -0.15) is 0 Å². The number of hydrogen-bond acceptors (Lipinski definition) is 2. The highest BCUT2D eigenvalue weighted by atomic mass is 32.1. The molecule has 1 aromatic rings. The zero-order chi connectivity index (χ0) is 9.68. The second-order valence-electron chi connectivity index (χ2n) is 2.34. The molecule has 0 aromatic heterocycles. The van der Waals surface area contributed by atoms with Gasteiger partial charge in [0.1, 0.15) is 5.75 Å². The van der Waals surface area contributed by atoms with Crippen molar-refractivity contribution >= 4 is 23.5 Å². The van der Waals surface area contributed by atoms with E-state index >= 15 is 0 Å². The average molecular weight is 196 g/mol. The van der Waals surface area contributed by atoms with Crippen molar-refractivity contribution in [3.05, 3.63) is 29.8 Å². The average Bonchev–Trinajstić information content (AvgIpc) is 2.08. The third kappa shape index (κ3) is 3.08. The van der Waals surface area contributed by atoms with Gasteiger partial charge in [0.15, 0.2) is 0 Å². The largest absolute Gasteiger partial charge is 0.507 e. The van der Waals surface area contributed by atoms with Gasteiger partial charge in [-0.25, -0.2) is 0 Å². The van der Waals surface area contributed by atoms with E-state index in [4.69, 9.17) is 5.73 Å². The van der Waals surface area contributed by atoms with Gasteiger partial charge in [-0.3, -0.25) is 0 Å². The molecule has 1 aromatic carbocycles. The molecular formula is C8H10N3OS+. The SMILES string of the molecule is NC(=S)N/[NH+]=C/c1ccccc1O. The number of hydrogen-bond donors (Lipinski definition) is 4. The minimum atomic E-state index is 0.145. The molecule has 1 rings (SSSR count). The van der Waals surface area contributed by atoms with E-state index in [9.17, 15) is 5.11 Å². The Bertz CT molecular complexity index is 338. The van der Waals surface area contributed by atoms with Gasteiger partial charge < -0.3 is 10.8 Å². The van der Waals surface area contributed by atoms with Crippen LogP contribution in [0, 0.1) is 0 Å². The van der Waals surface area contributed by atoms with E-state index < -0.39 is 0 Å². The number of phenolic OH excluding ortho intramolecular Hbond substituents is 1. The van der Waals surface area contributed by atoms with Crippen molar-refractivity contribution < 1.29 is 10.2 Å². The van der Waals surface area contributed by atoms with Gasteiger partial charge in [-0.15, -0.1) is 10.5 Å². The minimum absolute atomic E-state index is 0.145. The van der Waals surface area contributed by atoms with Gasteiger partial charge in [0.05, 0.1) is 5.56 Å². The van der Waals surface area contributed by atoms with Gasteiger partial charge in [0.25, 0.3) is 0 Å². The summed E-state index contributed by atoms with van der Waals surface area (Å²) in [5.41, 5.74) is 8.34. The molecule has 5 N–H and O–H groups in total. The van der Waals surface area contributed by atoms with Gasteiger partial charge >= 0.3 is 0 Å². The highest BCUT2D eigenvalue weighted by molar-refractivity contribution is 7.80. The van der Waals surface area contributed by atoms with E-state index in [1.54, 1.807) is 24.4 Å². The van der Waals surface area contributed by atoms with Crippen LogP contribution in [0.25, 0.3) is 0 Å². The second-order valence-corrected chi connectivity index (χ2v) is 2.78. The lowest BCUT2D eigenvalue weighted by Gasteiger charge is -1.93. The maximum atomic E-state index is 9.31. The lowest BCUT2D eigenvalue weighted by Crippen LogP contribution is -2.82. The summed E-state index contributed by atoms with van der Waals surface area (Å²) in [5, 5.41) is 12.1. The Morgan fingerprint density at radius 2 is 2.23 bits per heavy atom. The molecule has 0 fully saturated rings. The predicted octanol–water partition coefficient (Wildman–Crippen LogP) is -1.36. The molecule has 0 saturated heterocycles. The van der Waals surface area contributed by atoms with Crippen LogP contribution in [0.15, 0.2) is 24.3 Å². The zero-order valence-electron chi connectivity index (χ0n) is 6.82. The zero-order valence-corrected chi connectivity index (χ0v) is 7.64. The minimum Gasteiger partial charge on any atom is -0.507 e. The molecule has 0 unspecified atom stereocenters. The summed E-state index contributed by atoms with van der Waals surface area (Å²) < 4.78 is 0. The fourth-order valence-electron chi connectivity index (χ4n) is 0.795. The van der Waals surface area contributed by atoms with Crippen LogP contribution in [0.4, 0.5) is 0 Å². The lowest BCUT2D eigenvalue weighted by molar-refractivity contribution is -0.499. The number of rotatable bonds is 2. The molecule has 0 aliphatic rings. The van der Waals surface area contributed by atoms with Crippen LogP contribution in [-0.2, 0) is 0 Å². The fourth-order valence-corrected chi connectivity index (χ4v) is 0.853. The molecule has 0 atom stereocenters. The molecular weight excluding hydrogens is 186 g/mol. The summed E-state index contributed by atoms with van der Waals surface area (Å²) in [6.45, 7) is 0. The molecule has 0 aliphatic heterocycles. The van der Waals surface area contributed by atoms with Crippen molar-refractivity contribution in [3.63, 3.8) is 0 Å². The monoisotopic (exact) mass is 196 g/mol. The van der Waals surface area contributed by atoms with Crippen LogP contribution in [0.5, 0.6) is 5.75 Å². The lowest BCUT2D eigenvalue weighted by atomic mass is 10.2. The van der Waals surface area contributed by atoms with E-state index in [1.807, 2.05) is 6.07 Å². The first-order valence-electron chi connectivity index (χ1n) is 3.62. The Balaban J connectivity index is 2.68. The summed E-state index contributed by atoms with van der Waals surface area (Å²) in [5.74, 6) is 0.194. The fraction of sp³-hybridized carbons (Fsp3) is 0. The maximum Gasteiger partial charge on any atom is 0.221 e. The van der Waals surface area contributed by atoms with E-state index in [-0.39, 0.29) is 10.9 Å².